The molecule has 0 aromatic heterocycles. The lowest BCUT2D eigenvalue weighted by Gasteiger charge is -2.07. The molecule has 0 bridgehead atoms. The Hall–Kier alpha value is -2.09. The van der Waals surface area contributed by atoms with Crippen LogP contribution in [0.5, 0.6) is 0 Å². The van der Waals surface area contributed by atoms with E-state index in [1.165, 1.54) is 12.7 Å². The first-order valence-corrected chi connectivity index (χ1v) is 6.01. The van der Waals surface area contributed by atoms with Crippen LogP contribution >= 0.6 is 0 Å². The van der Waals surface area contributed by atoms with Gasteiger partial charge in [0.2, 0.25) is 0 Å². The van der Waals surface area contributed by atoms with Crippen molar-refractivity contribution in [2.45, 2.75) is 12.8 Å². The van der Waals surface area contributed by atoms with E-state index in [1.54, 1.807) is 0 Å². The molecule has 0 aliphatic carbocycles. The van der Waals surface area contributed by atoms with Crippen molar-refractivity contribution in [3.05, 3.63) is 71.3 Å². The smallest absolute Gasteiger partial charge is 0.338 e. The number of hydrogen-bond acceptors (Lipinski definition) is 2. The van der Waals surface area contributed by atoms with Gasteiger partial charge in [-0.15, -0.1) is 0 Å². The van der Waals surface area contributed by atoms with Gasteiger partial charge in [0.1, 0.15) is 0 Å². The van der Waals surface area contributed by atoms with E-state index in [1.807, 2.05) is 42.5 Å². The molecule has 0 aliphatic heterocycles. The minimum Gasteiger partial charge on any atom is -0.465 e. The summed E-state index contributed by atoms with van der Waals surface area (Å²) < 4.78 is 4.79. The Morgan fingerprint density at radius 2 is 1.61 bits per heavy atom. The lowest BCUT2D eigenvalue weighted by atomic mass is 10.00. The van der Waals surface area contributed by atoms with E-state index in [-0.39, 0.29) is 5.97 Å². The van der Waals surface area contributed by atoms with Gasteiger partial charge in [-0.3, -0.25) is 0 Å². The Morgan fingerprint density at radius 3 is 2.33 bits per heavy atom. The third-order valence-corrected chi connectivity index (χ3v) is 2.95. The van der Waals surface area contributed by atoms with Crippen LogP contribution in [0.4, 0.5) is 0 Å². The second-order valence-corrected chi connectivity index (χ2v) is 4.13. The number of aryl methyl sites for hydroxylation is 2. The van der Waals surface area contributed by atoms with Crippen molar-refractivity contribution in [2.24, 2.45) is 0 Å². The summed E-state index contributed by atoms with van der Waals surface area (Å²) in [5.41, 5.74) is 2.97. The van der Waals surface area contributed by atoms with Gasteiger partial charge >= 0.3 is 5.97 Å². The summed E-state index contributed by atoms with van der Waals surface area (Å²) in [7, 11) is 1.41. The summed E-state index contributed by atoms with van der Waals surface area (Å²) in [6.45, 7) is 0. The van der Waals surface area contributed by atoms with Gasteiger partial charge in [0, 0.05) is 0 Å². The van der Waals surface area contributed by atoms with E-state index in [4.69, 9.17) is 4.74 Å². The standard InChI is InChI=1S/C16H16O2/c1-18-16(17)15-10-6-5-9-14(15)12-11-13-7-3-2-4-8-13/h2-10H,11-12H2,1H3. The average molecular weight is 240 g/mol. The van der Waals surface area contributed by atoms with E-state index < -0.39 is 0 Å². The van der Waals surface area contributed by atoms with E-state index in [9.17, 15) is 4.79 Å². The molecule has 2 rings (SSSR count). The fourth-order valence-corrected chi connectivity index (χ4v) is 1.97. The zero-order valence-corrected chi connectivity index (χ0v) is 10.4. The molecule has 0 atom stereocenters. The molecule has 2 aromatic carbocycles. The van der Waals surface area contributed by atoms with Gasteiger partial charge in [0.15, 0.2) is 0 Å². The highest BCUT2D eigenvalue weighted by Gasteiger charge is 2.10. The first kappa shape index (κ1) is 12.4. The summed E-state index contributed by atoms with van der Waals surface area (Å²) in [5.74, 6) is -0.265. The van der Waals surface area contributed by atoms with Crippen LogP contribution < -0.4 is 0 Å². The average Bonchev–Trinajstić information content (AvgIpc) is 2.45. The zero-order valence-electron chi connectivity index (χ0n) is 10.4. The number of esters is 1. The van der Waals surface area contributed by atoms with Crippen LogP contribution in [0.1, 0.15) is 21.5 Å². The van der Waals surface area contributed by atoms with Crippen LogP contribution in [0.2, 0.25) is 0 Å². The highest BCUT2D eigenvalue weighted by molar-refractivity contribution is 5.90. The third kappa shape index (κ3) is 2.98. The van der Waals surface area contributed by atoms with Crippen LogP contribution in [0.15, 0.2) is 54.6 Å². The van der Waals surface area contributed by atoms with Crippen LogP contribution in [0.3, 0.4) is 0 Å². The third-order valence-electron chi connectivity index (χ3n) is 2.95. The van der Waals surface area contributed by atoms with Gasteiger partial charge in [0.25, 0.3) is 0 Å². The van der Waals surface area contributed by atoms with E-state index in [2.05, 4.69) is 12.1 Å². The second kappa shape index (κ2) is 6.01. The maximum atomic E-state index is 11.6. The van der Waals surface area contributed by atoms with Gasteiger partial charge < -0.3 is 4.74 Å². The SMILES string of the molecule is COC(=O)c1ccccc1CCc1ccccc1. The Bertz CT molecular complexity index is 518. The first-order valence-electron chi connectivity index (χ1n) is 6.01. The van der Waals surface area contributed by atoms with Gasteiger partial charge in [-0.05, 0) is 30.0 Å². The molecule has 0 N–H and O–H groups in total. The zero-order chi connectivity index (χ0) is 12.8. The van der Waals surface area contributed by atoms with Crippen molar-refractivity contribution in [1.82, 2.24) is 0 Å². The topological polar surface area (TPSA) is 26.3 Å². The molecule has 2 heteroatoms. The van der Waals surface area contributed by atoms with Crippen molar-refractivity contribution in [1.29, 1.82) is 0 Å². The normalized spacial score (nSPS) is 10.1. The molecule has 18 heavy (non-hydrogen) atoms. The van der Waals surface area contributed by atoms with Crippen LogP contribution in [-0.2, 0) is 17.6 Å². The Labute approximate surface area is 107 Å². The Morgan fingerprint density at radius 1 is 0.944 bits per heavy atom. The van der Waals surface area contributed by atoms with E-state index in [0.29, 0.717) is 5.56 Å². The maximum absolute atomic E-state index is 11.6. The second-order valence-electron chi connectivity index (χ2n) is 4.13. The summed E-state index contributed by atoms with van der Waals surface area (Å²) in [4.78, 5) is 11.6. The van der Waals surface area contributed by atoms with E-state index in [0.717, 1.165) is 18.4 Å². The molecular weight excluding hydrogens is 224 g/mol. The molecule has 0 spiro atoms. The predicted octanol–water partition coefficient (Wildman–Crippen LogP) is 3.26. The highest BCUT2D eigenvalue weighted by Crippen LogP contribution is 2.13. The molecule has 2 nitrogen and oxygen atoms in total. The number of benzene rings is 2. The molecule has 0 saturated carbocycles. The van der Waals surface area contributed by atoms with E-state index >= 15 is 0 Å². The Kier molecular flexibility index (Phi) is 4.13. The summed E-state index contributed by atoms with van der Waals surface area (Å²) in [6, 6.07) is 17.9. The lowest BCUT2D eigenvalue weighted by molar-refractivity contribution is 0.0599. The van der Waals surface area contributed by atoms with Crippen molar-refractivity contribution < 1.29 is 9.53 Å². The molecule has 92 valence electrons. The number of carbonyl (C=O) groups is 1. The van der Waals surface area contributed by atoms with Crippen molar-refractivity contribution in [3.63, 3.8) is 0 Å². The minimum atomic E-state index is -0.265. The van der Waals surface area contributed by atoms with Gasteiger partial charge in [0.05, 0.1) is 12.7 Å². The molecular formula is C16H16O2. The van der Waals surface area contributed by atoms with Gasteiger partial charge in [-0.25, -0.2) is 4.79 Å². The molecule has 0 saturated heterocycles. The minimum absolute atomic E-state index is 0.265. The highest BCUT2D eigenvalue weighted by atomic mass is 16.5. The number of methoxy groups -OCH3 is 1. The molecule has 2 aromatic rings. The summed E-state index contributed by atoms with van der Waals surface area (Å²) in [6.07, 6.45) is 1.77. The van der Waals surface area contributed by atoms with Crippen LogP contribution in [0, 0.1) is 0 Å². The quantitative estimate of drug-likeness (QED) is 0.767. The molecule has 0 unspecified atom stereocenters. The fraction of sp³-hybridized carbons (Fsp3) is 0.188. The van der Waals surface area contributed by atoms with Crippen LogP contribution in [0.25, 0.3) is 0 Å². The molecule has 0 heterocycles. The molecule has 0 radical (unpaired) electrons. The van der Waals surface area contributed by atoms with Gasteiger partial charge in [-0.1, -0.05) is 48.5 Å². The Balaban J connectivity index is 2.12. The number of rotatable bonds is 4. The number of hydrogen-bond donors (Lipinski definition) is 0. The molecule has 0 fully saturated rings. The van der Waals surface area contributed by atoms with Crippen molar-refractivity contribution in [2.75, 3.05) is 7.11 Å². The summed E-state index contributed by atoms with van der Waals surface area (Å²) >= 11 is 0. The van der Waals surface area contributed by atoms with Crippen molar-refractivity contribution >= 4 is 5.97 Å². The largest absolute Gasteiger partial charge is 0.465 e. The lowest BCUT2D eigenvalue weighted by Crippen LogP contribution is -2.06. The monoisotopic (exact) mass is 240 g/mol. The van der Waals surface area contributed by atoms with Gasteiger partial charge in [-0.2, -0.15) is 0 Å². The number of carbonyl (C=O) groups excluding carboxylic acids is 1. The predicted molar refractivity (Wildman–Crippen MR) is 71.6 cm³/mol. The summed E-state index contributed by atoms with van der Waals surface area (Å²) in [5, 5.41) is 0. The maximum Gasteiger partial charge on any atom is 0.338 e. The number of ether oxygens (including phenoxy) is 1. The fourth-order valence-electron chi connectivity index (χ4n) is 1.97. The van der Waals surface area contributed by atoms with Crippen LogP contribution in [-0.4, -0.2) is 13.1 Å². The molecule has 0 amide bonds. The van der Waals surface area contributed by atoms with Crippen molar-refractivity contribution in [3.8, 4) is 0 Å². The first-order chi connectivity index (χ1) is 8.81. The molecule has 0 aliphatic rings.